The molecule has 30 heavy (non-hydrogen) atoms. The summed E-state index contributed by atoms with van der Waals surface area (Å²) in [6.07, 6.45) is -0.0875. The Labute approximate surface area is 174 Å². The Morgan fingerprint density at radius 1 is 1.10 bits per heavy atom. The van der Waals surface area contributed by atoms with E-state index in [1.54, 1.807) is 34.9 Å². The van der Waals surface area contributed by atoms with Gasteiger partial charge in [0.25, 0.3) is 5.91 Å². The van der Waals surface area contributed by atoms with Crippen LogP contribution in [-0.2, 0) is 4.74 Å². The average Bonchev–Trinajstić information content (AvgIpc) is 3.18. The molecule has 4 rings (SSSR count). The summed E-state index contributed by atoms with van der Waals surface area (Å²) in [5.74, 6) is 0.220. The predicted molar refractivity (Wildman–Crippen MR) is 111 cm³/mol. The Bertz CT molecular complexity index is 1040. The van der Waals surface area contributed by atoms with Gasteiger partial charge in [-0.25, -0.2) is 9.07 Å². The van der Waals surface area contributed by atoms with Crippen molar-refractivity contribution in [1.29, 1.82) is 0 Å². The third kappa shape index (κ3) is 4.07. The van der Waals surface area contributed by atoms with Crippen LogP contribution < -0.4 is 4.74 Å². The number of rotatable bonds is 4. The zero-order chi connectivity index (χ0) is 21.3. The summed E-state index contributed by atoms with van der Waals surface area (Å²) in [7, 11) is 1.60. The maximum Gasteiger partial charge on any atom is 0.272 e. The lowest BCUT2D eigenvalue weighted by Gasteiger charge is -2.35. The van der Waals surface area contributed by atoms with Gasteiger partial charge in [0, 0.05) is 18.7 Å². The zero-order valence-corrected chi connectivity index (χ0v) is 17.2. The first kappa shape index (κ1) is 20.1. The maximum absolute atomic E-state index is 13.5. The summed E-state index contributed by atoms with van der Waals surface area (Å²) in [6.45, 7) is 4.92. The first-order valence-corrected chi connectivity index (χ1v) is 9.90. The van der Waals surface area contributed by atoms with Crippen LogP contribution in [0.1, 0.15) is 24.3 Å². The molecular weight excluding hydrogens is 385 g/mol. The van der Waals surface area contributed by atoms with Crippen LogP contribution in [0.25, 0.3) is 16.9 Å². The van der Waals surface area contributed by atoms with Gasteiger partial charge < -0.3 is 14.4 Å². The molecule has 2 aromatic carbocycles. The first-order valence-electron chi connectivity index (χ1n) is 9.90. The summed E-state index contributed by atoms with van der Waals surface area (Å²) >= 11 is 0. The van der Waals surface area contributed by atoms with E-state index in [-0.39, 0.29) is 23.9 Å². The first-order chi connectivity index (χ1) is 14.4. The molecule has 2 heterocycles. The number of hydrogen-bond donors (Lipinski definition) is 0. The van der Waals surface area contributed by atoms with E-state index in [9.17, 15) is 9.18 Å². The standard InChI is InChI=1S/C23H24FN3O3/c1-15-13-26(14-16(2)30-15)23(28)22-12-21(17-5-4-6-20(11-17)29-3)25-27(22)19-9-7-18(24)8-10-19/h4-12,15-16H,13-14H2,1-3H3/t15-,16-/m1/s1. The molecule has 1 aromatic heterocycles. The van der Waals surface area contributed by atoms with Crippen molar-refractivity contribution in [1.82, 2.24) is 14.7 Å². The third-order valence-electron chi connectivity index (χ3n) is 5.07. The van der Waals surface area contributed by atoms with Gasteiger partial charge in [0.2, 0.25) is 0 Å². The monoisotopic (exact) mass is 409 g/mol. The third-order valence-corrected chi connectivity index (χ3v) is 5.07. The van der Waals surface area contributed by atoms with Crippen molar-refractivity contribution in [3.63, 3.8) is 0 Å². The van der Waals surface area contributed by atoms with Crippen LogP contribution in [0.4, 0.5) is 4.39 Å². The van der Waals surface area contributed by atoms with Gasteiger partial charge in [-0.05, 0) is 56.3 Å². The number of nitrogens with zero attached hydrogens (tertiary/aromatic N) is 3. The minimum absolute atomic E-state index is 0.0438. The molecule has 0 spiro atoms. The number of ether oxygens (including phenoxy) is 2. The lowest BCUT2D eigenvalue weighted by Crippen LogP contribution is -2.48. The molecule has 1 fully saturated rings. The number of carbonyl (C=O) groups excluding carboxylic acids is 1. The summed E-state index contributed by atoms with van der Waals surface area (Å²) in [6, 6.07) is 15.2. The smallest absolute Gasteiger partial charge is 0.272 e. The number of amides is 1. The summed E-state index contributed by atoms with van der Waals surface area (Å²) in [5.41, 5.74) is 2.49. The van der Waals surface area contributed by atoms with Crippen LogP contribution in [0.2, 0.25) is 0 Å². The lowest BCUT2D eigenvalue weighted by molar-refractivity contribution is -0.0588. The van der Waals surface area contributed by atoms with E-state index >= 15 is 0 Å². The molecule has 7 heteroatoms. The number of morpholine rings is 1. The summed E-state index contributed by atoms with van der Waals surface area (Å²) in [5, 5.41) is 4.67. The fourth-order valence-electron chi connectivity index (χ4n) is 3.74. The van der Waals surface area contributed by atoms with Crippen molar-refractivity contribution in [2.45, 2.75) is 26.1 Å². The van der Waals surface area contributed by atoms with Crippen LogP contribution >= 0.6 is 0 Å². The minimum atomic E-state index is -0.345. The zero-order valence-electron chi connectivity index (χ0n) is 17.2. The predicted octanol–water partition coefficient (Wildman–Crippen LogP) is 3.94. The Hall–Kier alpha value is -3.19. The van der Waals surface area contributed by atoms with E-state index in [1.807, 2.05) is 38.1 Å². The van der Waals surface area contributed by atoms with Crippen molar-refractivity contribution >= 4 is 5.91 Å². The number of carbonyl (C=O) groups is 1. The number of halogens is 1. The molecule has 0 radical (unpaired) electrons. The summed E-state index contributed by atoms with van der Waals surface area (Å²) in [4.78, 5) is 15.2. The normalized spacial score (nSPS) is 19.0. The van der Waals surface area contributed by atoms with Gasteiger partial charge in [0.15, 0.2) is 0 Å². The highest BCUT2D eigenvalue weighted by atomic mass is 19.1. The van der Waals surface area contributed by atoms with Crippen molar-refractivity contribution in [3.8, 4) is 22.7 Å². The molecule has 156 valence electrons. The van der Waals surface area contributed by atoms with Crippen LogP contribution in [-0.4, -0.2) is 53.0 Å². The van der Waals surface area contributed by atoms with Crippen molar-refractivity contribution in [2.24, 2.45) is 0 Å². The lowest BCUT2D eigenvalue weighted by atomic mass is 10.1. The van der Waals surface area contributed by atoms with Gasteiger partial charge in [-0.15, -0.1) is 0 Å². The SMILES string of the molecule is COc1cccc(-c2cc(C(=O)N3C[C@@H](C)O[C@H](C)C3)n(-c3ccc(F)cc3)n2)c1. The molecule has 0 N–H and O–H groups in total. The molecule has 1 aliphatic rings. The number of methoxy groups -OCH3 is 1. The van der Waals surface area contributed by atoms with Crippen molar-refractivity contribution in [3.05, 3.63) is 66.1 Å². The maximum atomic E-state index is 13.5. The van der Waals surface area contributed by atoms with Crippen LogP contribution in [0.3, 0.4) is 0 Å². The highest BCUT2D eigenvalue weighted by molar-refractivity contribution is 5.94. The molecule has 0 bridgehead atoms. The van der Waals surface area contributed by atoms with Crippen LogP contribution in [0.15, 0.2) is 54.6 Å². The Morgan fingerprint density at radius 3 is 2.47 bits per heavy atom. The summed E-state index contributed by atoms with van der Waals surface area (Å²) < 4.78 is 26.1. The molecule has 0 unspecified atom stereocenters. The van der Waals surface area contributed by atoms with Crippen molar-refractivity contribution < 1.29 is 18.7 Å². The molecular formula is C23H24FN3O3. The quantitative estimate of drug-likeness (QED) is 0.655. The second-order valence-electron chi connectivity index (χ2n) is 7.50. The Morgan fingerprint density at radius 2 is 1.80 bits per heavy atom. The van der Waals surface area contributed by atoms with E-state index in [4.69, 9.17) is 9.47 Å². The van der Waals surface area contributed by atoms with Crippen molar-refractivity contribution in [2.75, 3.05) is 20.2 Å². The molecule has 6 nitrogen and oxygen atoms in total. The average molecular weight is 409 g/mol. The second-order valence-corrected chi connectivity index (χ2v) is 7.50. The van der Waals surface area contributed by atoms with E-state index in [2.05, 4.69) is 5.10 Å². The Balaban J connectivity index is 1.78. The van der Waals surface area contributed by atoms with E-state index in [1.165, 1.54) is 12.1 Å². The van der Waals surface area contributed by atoms with Gasteiger partial charge in [-0.2, -0.15) is 5.10 Å². The second kappa shape index (κ2) is 8.28. The van der Waals surface area contributed by atoms with E-state index in [0.717, 1.165) is 5.56 Å². The van der Waals surface area contributed by atoms with E-state index in [0.29, 0.717) is 35.9 Å². The van der Waals surface area contributed by atoms with Crippen LogP contribution in [0, 0.1) is 5.82 Å². The highest BCUT2D eigenvalue weighted by Crippen LogP contribution is 2.26. The minimum Gasteiger partial charge on any atom is -0.497 e. The Kier molecular flexibility index (Phi) is 5.55. The molecule has 1 saturated heterocycles. The fourth-order valence-corrected chi connectivity index (χ4v) is 3.74. The van der Waals surface area contributed by atoms with Gasteiger partial charge in [-0.1, -0.05) is 12.1 Å². The number of hydrogen-bond acceptors (Lipinski definition) is 4. The number of aromatic nitrogens is 2. The van der Waals surface area contributed by atoms with E-state index < -0.39 is 0 Å². The fraction of sp³-hybridized carbons (Fsp3) is 0.304. The van der Waals surface area contributed by atoms with Gasteiger partial charge in [0.1, 0.15) is 17.3 Å². The largest absolute Gasteiger partial charge is 0.497 e. The number of benzene rings is 2. The molecule has 0 aliphatic carbocycles. The van der Waals surface area contributed by atoms with Gasteiger partial charge in [0.05, 0.1) is 30.7 Å². The van der Waals surface area contributed by atoms with Gasteiger partial charge >= 0.3 is 0 Å². The highest BCUT2D eigenvalue weighted by Gasteiger charge is 2.29. The van der Waals surface area contributed by atoms with Crippen LogP contribution in [0.5, 0.6) is 5.75 Å². The topological polar surface area (TPSA) is 56.6 Å². The van der Waals surface area contributed by atoms with Gasteiger partial charge in [-0.3, -0.25) is 4.79 Å². The molecule has 1 aliphatic heterocycles. The molecule has 3 aromatic rings. The molecule has 0 saturated carbocycles. The molecule has 2 atom stereocenters. The molecule has 1 amide bonds.